The van der Waals surface area contributed by atoms with Crippen LogP contribution in [0.2, 0.25) is 0 Å². The second kappa shape index (κ2) is 18.6. The molecular weight excluding hydrogens is 915 g/mol. The molecule has 3 saturated carbocycles. The molecule has 16 nitrogen and oxygen atoms in total. The number of carbonyl (C=O) groups excluding carboxylic acids is 1. The Kier molecular flexibility index (Phi) is 12.4. The van der Waals surface area contributed by atoms with Crippen LogP contribution in [0.4, 0.5) is 17.2 Å². The fourth-order valence-electron chi connectivity index (χ4n) is 12.0. The van der Waals surface area contributed by atoms with E-state index >= 15 is 0 Å². The van der Waals surface area contributed by atoms with Gasteiger partial charge in [-0.15, -0.1) is 0 Å². The van der Waals surface area contributed by atoms with Gasteiger partial charge in [-0.2, -0.15) is 0 Å². The van der Waals surface area contributed by atoms with Gasteiger partial charge in [-0.3, -0.25) is 19.8 Å². The van der Waals surface area contributed by atoms with Gasteiger partial charge in [0.1, 0.15) is 22.0 Å². The minimum absolute atomic E-state index is 0.0337. The van der Waals surface area contributed by atoms with Crippen LogP contribution >= 0.6 is 0 Å². The maximum Gasteiger partial charge on any atom is 0.312 e. The topological polar surface area (TPSA) is 205 Å². The second-order valence-corrected chi connectivity index (χ2v) is 24.8. The summed E-state index contributed by atoms with van der Waals surface area (Å²) in [6.07, 6.45) is 19.1. The molecule has 5 aromatic rings. The first-order chi connectivity index (χ1) is 33.4. The van der Waals surface area contributed by atoms with Gasteiger partial charge >= 0.3 is 5.69 Å². The van der Waals surface area contributed by atoms with Crippen LogP contribution < -0.4 is 19.7 Å². The van der Waals surface area contributed by atoms with Crippen LogP contribution in [-0.4, -0.2) is 93.1 Å². The van der Waals surface area contributed by atoms with Crippen LogP contribution in [-0.2, 0) is 19.8 Å². The van der Waals surface area contributed by atoms with Crippen molar-refractivity contribution < 1.29 is 27.1 Å². The number of nitrogens with one attached hydrogen (secondary N) is 3. The number of sulfonamides is 1. The number of amides is 1. The molecule has 0 unspecified atom stereocenters. The first-order valence-electron chi connectivity index (χ1n) is 24.9. The molecule has 364 valence electrons. The largest absolute Gasteiger partial charge is 0.455 e. The molecule has 1 spiro atoms. The zero-order valence-corrected chi connectivity index (χ0v) is 40.5. The highest BCUT2D eigenvalue weighted by Crippen LogP contribution is 2.55. The van der Waals surface area contributed by atoms with Crippen molar-refractivity contribution in [1.29, 1.82) is 0 Å². The number of anilines is 2. The number of benzene rings is 2. The number of pyridine rings is 2. The Morgan fingerprint density at radius 2 is 1.68 bits per heavy atom. The summed E-state index contributed by atoms with van der Waals surface area (Å²) in [5, 5.41) is 16.1. The molecule has 3 aliphatic heterocycles. The predicted octanol–water partition coefficient (Wildman–Crippen LogP) is 9.47. The number of piperidine rings is 1. The van der Waals surface area contributed by atoms with E-state index in [4.69, 9.17) is 9.10 Å². The van der Waals surface area contributed by atoms with Gasteiger partial charge in [-0.05, 0) is 149 Å². The average molecular weight is 976 g/mol. The van der Waals surface area contributed by atoms with E-state index in [1.165, 1.54) is 45.1 Å². The number of carbonyl (C=O) groups is 1. The van der Waals surface area contributed by atoms with Gasteiger partial charge in [-0.25, -0.2) is 31.7 Å². The standard InChI is InChI=1S/C51H61N9O7S2/c61-50(57-69(65,66)41-28-46(60(62)63)49(55-33-41)53-31-34-9-13-37(14-10-34)56-68(64)24-3-4-25-68)44-16-15-38(27-47(44)67-40-26-36-17-20-52-48(36)54-32-40)58-22-18-51(19-23-58)29-39(30-51)59-21-5-8-45(59)43-7-2-1-6-42(43)35-11-12-35/h1-2,6-7,15-17,20,26-28,32-35,37,39,45H,3-5,8-14,18-19,21-25,29-31H2,(H,52,54)(H,53,55)(H,57,61)/t34?,37?,45-/m1/s1. The van der Waals surface area contributed by atoms with Crippen molar-refractivity contribution in [2.75, 3.05) is 47.9 Å². The predicted molar refractivity (Wildman–Crippen MR) is 266 cm³/mol. The first-order valence-corrected chi connectivity index (χ1v) is 28.3. The van der Waals surface area contributed by atoms with Gasteiger partial charge in [-0.1, -0.05) is 24.3 Å². The van der Waals surface area contributed by atoms with Crippen molar-refractivity contribution >= 4 is 53.9 Å². The fourth-order valence-corrected chi connectivity index (χ4v) is 15.4. The molecule has 3 saturated heterocycles. The number of aromatic nitrogens is 3. The number of likely N-dealkylation sites (tertiary alicyclic amines) is 1. The van der Waals surface area contributed by atoms with Crippen LogP contribution in [0.3, 0.4) is 0 Å². The zero-order valence-electron chi connectivity index (χ0n) is 38.9. The minimum Gasteiger partial charge on any atom is -0.455 e. The Morgan fingerprint density at radius 3 is 2.43 bits per heavy atom. The fraction of sp³-hybridized carbons (Fsp3) is 0.510. The summed E-state index contributed by atoms with van der Waals surface area (Å²) in [6.45, 7) is 3.25. The molecule has 11 rings (SSSR count). The number of hydrogen-bond acceptors (Lipinski definition) is 13. The van der Waals surface area contributed by atoms with E-state index in [-0.39, 0.29) is 29.1 Å². The maximum atomic E-state index is 14.0. The Hall–Kier alpha value is -5.59. The van der Waals surface area contributed by atoms with Crippen molar-refractivity contribution in [3.05, 3.63) is 106 Å². The molecule has 69 heavy (non-hydrogen) atoms. The van der Waals surface area contributed by atoms with Crippen molar-refractivity contribution in [2.45, 2.75) is 119 Å². The van der Waals surface area contributed by atoms with E-state index in [0.717, 1.165) is 93.7 Å². The number of hydrogen-bond donors (Lipinski definition) is 3. The monoisotopic (exact) mass is 975 g/mol. The minimum atomic E-state index is -4.64. The third-order valence-electron chi connectivity index (χ3n) is 15.9. The molecule has 2 aromatic carbocycles. The van der Waals surface area contributed by atoms with Crippen molar-refractivity contribution in [3.8, 4) is 11.5 Å². The number of rotatable bonds is 14. The molecule has 3 N–H and O–H groups in total. The van der Waals surface area contributed by atoms with Crippen LogP contribution in [0, 0.1) is 21.4 Å². The molecule has 3 aromatic heterocycles. The summed E-state index contributed by atoms with van der Waals surface area (Å²) in [4.78, 5) is 41.9. The highest BCUT2D eigenvalue weighted by molar-refractivity contribution is 7.93. The molecule has 0 radical (unpaired) electrons. The van der Waals surface area contributed by atoms with Crippen molar-refractivity contribution in [1.82, 2.24) is 24.6 Å². The summed E-state index contributed by atoms with van der Waals surface area (Å²) in [5.41, 5.74) is 4.40. The quantitative estimate of drug-likeness (QED) is 0.0703. The lowest BCUT2D eigenvalue weighted by Gasteiger charge is -2.56. The number of nitro groups is 1. The van der Waals surface area contributed by atoms with Gasteiger partial charge in [0.15, 0.2) is 0 Å². The Morgan fingerprint density at radius 1 is 0.913 bits per heavy atom. The van der Waals surface area contributed by atoms with Crippen LogP contribution in [0.5, 0.6) is 11.5 Å². The first kappa shape index (κ1) is 45.8. The van der Waals surface area contributed by atoms with E-state index < -0.39 is 41.2 Å². The number of aromatic amines is 1. The molecule has 18 heteroatoms. The number of ether oxygens (including phenoxy) is 1. The Balaban J connectivity index is 0.760. The SMILES string of the molecule is O=C(NS(=O)(=O)c1cnc(NCC2CCC(N=S3(=O)CCCC3)CC2)c([N+](=O)[O-])c1)c1ccc(N2CCC3(CC2)CC(N2CCC[C@@H]2c2ccccc2C2CC2)C3)cc1Oc1cnc2[nH]ccc2c1. The summed E-state index contributed by atoms with van der Waals surface area (Å²) in [6, 6.07) is 20.1. The molecule has 6 aliphatic rings. The molecule has 6 fully saturated rings. The smallest absolute Gasteiger partial charge is 0.312 e. The van der Waals surface area contributed by atoms with Crippen molar-refractivity contribution in [2.24, 2.45) is 15.7 Å². The molecular formula is C51H61N9O7S2. The van der Waals surface area contributed by atoms with E-state index in [1.54, 1.807) is 41.7 Å². The van der Waals surface area contributed by atoms with Gasteiger partial charge in [0.25, 0.3) is 15.9 Å². The third kappa shape index (κ3) is 9.68. The lowest BCUT2D eigenvalue weighted by atomic mass is 9.59. The van der Waals surface area contributed by atoms with Crippen molar-refractivity contribution in [3.63, 3.8) is 0 Å². The number of nitrogens with zero attached hydrogens (tertiary/aromatic N) is 6. The van der Waals surface area contributed by atoms with Crippen LogP contribution in [0.15, 0.2) is 88.5 Å². The van der Waals surface area contributed by atoms with E-state index in [0.29, 0.717) is 46.9 Å². The maximum absolute atomic E-state index is 14.0. The van der Waals surface area contributed by atoms with Crippen LogP contribution in [0.1, 0.15) is 123 Å². The summed E-state index contributed by atoms with van der Waals surface area (Å²) in [5.74, 6) is 1.79. The van der Waals surface area contributed by atoms with E-state index in [9.17, 15) is 27.5 Å². The molecule has 6 heterocycles. The van der Waals surface area contributed by atoms with E-state index in [1.807, 2.05) is 12.1 Å². The molecule has 1 atom stereocenters. The third-order valence-corrected chi connectivity index (χ3v) is 19.8. The Labute approximate surface area is 403 Å². The van der Waals surface area contributed by atoms with Gasteiger partial charge in [0.05, 0.1) is 28.9 Å². The summed E-state index contributed by atoms with van der Waals surface area (Å²) < 4.78 is 53.8. The molecule has 0 bridgehead atoms. The van der Waals surface area contributed by atoms with Crippen LogP contribution in [0.25, 0.3) is 11.0 Å². The highest BCUT2D eigenvalue weighted by atomic mass is 32.2. The van der Waals surface area contributed by atoms with Gasteiger partial charge in [0, 0.05) is 82.4 Å². The molecule has 3 aliphatic carbocycles. The van der Waals surface area contributed by atoms with Gasteiger partial charge in [0.2, 0.25) is 5.82 Å². The average Bonchev–Trinajstić information content (AvgIpc) is 3.64. The van der Waals surface area contributed by atoms with Gasteiger partial charge < -0.3 is 19.9 Å². The Bertz CT molecular complexity index is 2990. The summed E-state index contributed by atoms with van der Waals surface area (Å²) in [7, 11) is -6.72. The number of H-pyrrole nitrogens is 1. The lowest BCUT2D eigenvalue weighted by molar-refractivity contribution is -0.384. The lowest BCUT2D eigenvalue weighted by Crippen LogP contribution is -2.54. The number of fused-ring (bicyclic) bond motifs is 1. The van der Waals surface area contributed by atoms with E-state index in [2.05, 4.69) is 59.1 Å². The molecule has 1 amide bonds. The zero-order chi connectivity index (χ0) is 47.3. The highest BCUT2D eigenvalue weighted by Gasteiger charge is 2.50. The second-order valence-electron chi connectivity index (χ2n) is 20.5. The normalized spacial score (nSPS) is 23.7. The summed E-state index contributed by atoms with van der Waals surface area (Å²) >= 11 is 0.